The van der Waals surface area contributed by atoms with Gasteiger partial charge in [-0.05, 0) is 31.9 Å². The maximum absolute atomic E-state index is 10.4. The van der Waals surface area contributed by atoms with Gasteiger partial charge in [0, 0.05) is 13.0 Å². The van der Waals surface area contributed by atoms with Gasteiger partial charge in [-0.3, -0.25) is 9.59 Å². The Bertz CT molecular complexity index is 1170. The smallest absolute Gasteiger partial charge is 0.207 e. The van der Waals surface area contributed by atoms with Crippen LogP contribution in [0.5, 0.6) is 0 Å². The first-order chi connectivity index (χ1) is 16.9. The highest BCUT2D eigenvalue weighted by atomic mass is 16.8. The van der Waals surface area contributed by atoms with Gasteiger partial charge in [-0.25, -0.2) is 19.9 Å². The van der Waals surface area contributed by atoms with Crippen molar-refractivity contribution in [3.05, 3.63) is 42.2 Å². The molecule has 5 rings (SSSR count). The highest BCUT2D eigenvalue weighted by Crippen LogP contribution is 2.31. The zero-order valence-electron chi connectivity index (χ0n) is 19.4. The number of carbonyl (C=O) groups is 2. The van der Waals surface area contributed by atoms with E-state index >= 15 is 0 Å². The van der Waals surface area contributed by atoms with Crippen LogP contribution in [-0.2, 0) is 19.0 Å². The number of nitrogens with one attached hydrogen (secondary N) is 2. The molecule has 3 aromatic heterocycles. The Morgan fingerprint density at radius 3 is 2.66 bits per heavy atom. The van der Waals surface area contributed by atoms with E-state index in [1.54, 1.807) is 18.2 Å². The zero-order chi connectivity index (χ0) is 25.1. The Kier molecular flexibility index (Phi) is 9.19. The molecular formula is C23H27N7O5. The normalized spacial score (nSPS) is 19.1. The maximum Gasteiger partial charge on any atom is 0.207 e. The Labute approximate surface area is 202 Å². The Balaban J connectivity index is 0.000000151. The number of pyridine rings is 1. The molecule has 0 spiro atoms. The lowest BCUT2D eigenvalue weighted by molar-refractivity contribution is -0.164. The fourth-order valence-corrected chi connectivity index (χ4v) is 3.21. The van der Waals surface area contributed by atoms with E-state index < -0.39 is 0 Å². The summed E-state index contributed by atoms with van der Waals surface area (Å²) in [5, 5.41) is 2.50. The van der Waals surface area contributed by atoms with Crippen molar-refractivity contribution < 1.29 is 23.8 Å². The van der Waals surface area contributed by atoms with Gasteiger partial charge in [-0.2, -0.15) is 0 Å². The number of nitrogens with two attached hydrogens (primary N) is 1. The van der Waals surface area contributed by atoms with Gasteiger partial charge in [0.2, 0.25) is 6.41 Å². The maximum atomic E-state index is 10.4. The molecule has 0 aromatic carbocycles. The molecule has 184 valence electrons. The number of H-pyrrole nitrogens is 1. The second-order valence-corrected chi connectivity index (χ2v) is 7.80. The summed E-state index contributed by atoms with van der Waals surface area (Å²) in [6.07, 6.45) is 5.15. The SMILES string of the molecule is CC1(C)OC2COCC2O1.Nc1ncnc2nc[nH]c12.O=CNCCC#Cc1cccc(C=O)n1. The Morgan fingerprint density at radius 1 is 1.20 bits per heavy atom. The molecule has 5 heterocycles. The minimum Gasteiger partial charge on any atom is -0.382 e. The van der Waals surface area contributed by atoms with Crippen molar-refractivity contribution in [3.8, 4) is 11.8 Å². The molecule has 2 fully saturated rings. The van der Waals surface area contributed by atoms with Crippen LogP contribution in [0.25, 0.3) is 11.2 Å². The molecule has 0 saturated carbocycles. The van der Waals surface area contributed by atoms with Crippen molar-refractivity contribution in [2.24, 2.45) is 0 Å². The summed E-state index contributed by atoms with van der Waals surface area (Å²) in [5.74, 6) is 5.68. The average Bonchev–Trinajstić information content (AvgIpc) is 3.55. The first-order valence-electron chi connectivity index (χ1n) is 10.8. The molecule has 4 N–H and O–H groups in total. The molecule has 2 unspecified atom stereocenters. The summed E-state index contributed by atoms with van der Waals surface area (Å²) < 4.78 is 16.2. The predicted octanol–water partition coefficient (Wildman–Crippen LogP) is 0.854. The standard InChI is InChI=1S/C11H10N2O2.C7H12O3.C5H5N5/c14-8-11-6-3-5-10(13-11)4-1-2-7-12-9-15;1-7(2)9-5-3-8-4-6(5)10-7;6-4-3-5(9-1-7-3)10-2-8-4/h3,5-6,8-9H,2,7H2,(H,12,15);5-6H,3-4H2,1-2H3;1-2H,(H3,6,7,8,9,10). The van der Waals surface area contributed by atoms with E-state index in [9.17, 15) is 9.59 Å². The molecule has 3 aromatic rings. The van der Waals surface area contributed by atoms with E-state index in [-0.39, 0.29) is 18.0 Å². The summed E-state index contributed by atoms with van der Waals surface area (Å²) in [6.45, 7) is 5.77. The van der Waals surface area contributed by atoms with Crippen LogP contribution in [0.15, 0.2) is 30.9 Å². The molecule has 2 atom stereocenters. The third-order valence-electron chi connectivity index (χ3n) is 4.69. The topological polar surface area (TPSA) is 167 Å². The van der Waals surface area contributed by atoms with Gasteiger partial charge in [-0.15, -0.1) is 0 Å². The summed E-state index contributed by atoms with van der Waals surface area (Å²) in [5.41, 5.74) is 7.71. The van der Waals surface area contributed by atoms with Gasteiger partial charge < -0.3 is 30.2 Å². The number of hydrogen-bond donors (Lipinski definition) is 3. The number of nitrogens with zero attached hydrogens (tertiary/aromatic N) is 4. The lowest BCUT2D eigenvalue weighted by atomic mass is 10.3. The zero-order valence-corrected chi connectivity index (χ0v) is 19.4. The van der Waals surface area contributed by atoms with Crippen LogP contribution in [0.2, 0.25) is 0 Å². The van der Waals surface area contributed by atoms with Gasteiger partial charge in [-0.1, -0.05) is 12.0 Å². The number of amides is 1. The number of imidazole rings is 1. The van der Waals surface area contributed by atoms with E-state index in [1.807, 2.05) is 13.8 Å². The van der Waals surface area contributed by atoms with Crippen LogP contribution in [0.4, 0.5) is 5.82 Å². The molecule has 2 aliphatic heterocycles. The first kappa shape index (κ1) is 25.7. The molecule has 0 aliphatic carbocycles. The monoisotopic (exact) mass is 481 g/mol. The van der Waals surface area contributed by atoms with E-state index in [0.29, 0.717) is 67.2 Å². The van der Waals surface area contributed by atoms with Crippen LogP contribution in [0.1, 0.15) is 36.5 Å². The minimum absolute atomic E-state index is 0.176. The van der Waals surface area contributed by atoms with Gasteiger partial charge in [0.05, 0.1) is 19.5 Å². The number of fused-ring (bicyclic) bond motifs is 2. The van der Waals surface area contributed by atoms with Crippen molar-refractivity contribution in [1.29, 1.82) is 0 Å². The fraction of sp³-hybridized carbons (Fsp3) is 0.391. The van der Waals surface area contributed by atoms with Crippen molar-refractivity contribution in [1.82, 2.24) is 30.2 Å². The number of aromatic amines is 1. The lowest BCUT2D eigenvalue weighted by Gasteiger charge is -2.17. The highest BCUT2D eigenvalue weighted by Gasteiger charge is 2.44. The Morgan fingerprint density at radius 2 is 1.97 bits per heavy atom. The predicted molar refractivity (Wildman–Crippen MR) is 126 cm³/mol. The second kappa shape index (κ2) is 12.5. The lowest BCUT2D eigenvalue weighted by Crippen LogP contribution is -2.23. The summed E-state index contributed by atoms with van der Waals surface area (Å²) in [4.78, 5) is 38.7. The number of rotatable bonds is 4. The number of carbonyl (C=O) groups excluding carboxylic acids is 2. The van der Waals surface area contributed by atoms with E-state index in [2.05, 4.69) is 42.1 Å². The van der Waals surface area contributed by atoms with Crippen LogP contribution in [0, 0.1) is 11.8 Å². The minimum atomic E-state index is -0.390. The second-order valence-electron chi connectivity index (χ2n) is 7.80. The molecule has 0 radical (unpaired) electrons. The molecule has 1 amide bonds. The Hall–Kier alpha value is -3.92. The summed E-state index contributed by atoms with van der Waals surface area (Å²) >= 11 is 0. The van der Waals surface area contributed by atoms with Crippen molar-refractivity contribution in [3.63, 3.8) is 0 Å². The third-order valence-corrected chi connectivity index (χ3v) is 4.69. The van der Waals surface area contributed by atoms with Crippen LogP contribution in [0.3, 0.4) is 0 Å². The molecular weight excluding hydrogens is 454 g/mol. The number of ether oxygens (including phenoxy) is 3. The van der Waals surface area contributed by atoms with Gasteiger partial charge in [0.1, 0.15) is 35.4 Å². The molecule has 35 heavy (non-hydrogen) atoms. The number of hydrogen-bond acceptors (Lipinski definition) is 10. The van der Waals surface area contributed by atoms with Crippen LogP contribution < -0.4 is 11.1 Å². The average molecular weight is 482 g/mol. The molecule has 2 saturated heterocycles. The fourth-order valence-electron chi connectivity index (χ4n) is 3.21. The van der Waals surface area contributed by atoms with Crippen molar-refractivity contribution in [2.45, 2.75) is 38.3 Å². The number of anilines is 1. The molecule has 12 heteroatoms. The van der Waals surface area contributed by atoms with E-state index in [0.717, 1.165) is 0 Å². The van der Waals surface area contributed by atoms with Gasteiger partial charge in [0.25, 0.3) is 0 Å². The summed E-state index contributed by atoms with van der Waals surface area (Å²) in [7, 11) is 0. The van der Waals surface area contributed by atoms with Crippen molar-refractivity contribution >= 4 is 29.7 Å². The number of nitrogen functional groups attached to an aromatic ring is 1. The highest BCUT2D eigenvalue weighted by molar-refractivity contribution is 5.80. The molecule has 0 bridgehead atoms. The largest absolute Gasteiger partial charge is 0.382 e. The van der Waals surface area contributed by atoms with Crippen LogP contribution >= 0.6 is 0 Å². The first-order valence-corrected chi connectivity index (χ1v) is 10.8. The summed E-state index contributed by atoms with van der Waals surface area (Å²) in [6, 6.07) is 5.07. The molecule has 2 aliphatic rings. The van der Waals surface area contributed by atoms with Crippen LogP contribution in [-0.4, -0.2) is 75.4 Å². The third kappa shape index (κ3) is 7.82. The van der Waals surface area contributed by atoms with E-state index in [4.69, 9.17) is 19.9 Å². The van der Waals surface area contributed by atoms with Crippen molar-refractivity contribution in [2.75, 3.05) is 25.5 Å². The van der Waals surface area contributed by atoms with Gasteiger partial charge >= 0.3 is 0 Å². The van der Waals surface area contributed by atoms with E-state index in [1.165, 1.54) is 12.7 Å². The van der Waals surface area contributed by atoms with Gasteiger partial charge in [0.15, 0.2) is 23.5 Å². The quantitative estimate of drug-likeness (QED) is 0.276. The molecule has 12 nitrogen and oxygen atoms in total. The number of aromatic nitrogens is 5. The number of aldehydes is 1.